The summed E-state index contributed by atoms with van der Waals surface area (Å²) in [6.45, 7) is 4.11. The summed E-state index contributed by atoms with van der Waals surface area (Å²) in [4.78, 5) is 4.59. The number of hydrogen-bond acceptors (Lipinski definition) is 6. The molecule has 2 aromatic carbocycles. The number of aliphatic hydroxyl groups excluding tert-OH is 1. The van der Waals surface area contributed by atoms with E-state index in [0.717, 1.165) is 83.1 Å². The number of amidine groups is 1. The van der Waals surface area contributed by atoms with Crippen LogP contribution in [0.4, 0.5) is 0 Å². The molecule has 3 atom stereocenters. The van der Waals surface area contributed by atoms with Gasteiger partial charge in [-0.1, -0.05) is 42.5 Å². The number of nitrogens with zero attached hydrogens (tertiary/aromatic N) is 2. The van der Waals surface area contributed by atoms with Crippen molar-refractivity contribution in [1.82, 2.24) is 0 Å². The van der Waals surface area contributed by atoms with E-state index in [9.17, 15) is 5.11 Å². The van der Waals surface area contributed by atoms with Gasteiger partial charge in [0, 0.05) is 13.0 Å². The summed E-state index contributed by atoms with van der Waals surface area (Å²) < 4.78 is 25.4. The molecule has 0 aromatic heterocycles. The Morgan fingerprint density at radius 3 is 2.53 bits per heavy atom. The molecule has 0 bridgehead atoms. The van der Waals surface area contributed by atoms with Crippen LogP contribution in [-0.4, -0.2) is 75.5 Å². The minimum Gasteiger partial charge on any atom is -0.488 e. The van der Waals surface area contributed by atoms with E-state index in [1.807, 2.05) is 35.1 Å². The lowest BCUT2D eigenvalue weighted by atomic mass is 10.0. The smallest absolute Gasteiger partial charge is 0.330 e. The van der Waals surface area contributed by atoms with Gasteiger partial charge in [-0.3, -0.25) is 0 Å². The van der Waals surface area contributed by atoms with Crippen LogP contribution < -0.4 is 4.74 Å². The Morgan fingerprint density at radius 1 is 1.11 bits per heavy atom. The van der Waals surface area contributed by atoms with E-state index >= 15 is 0 Å². The molecule has 2 unspecified atom stereocenters. The number of benzene rings is 2. The van der Waals surface area contributed by atoms with Crippen LogP contribution >= 0.6 is 0 Å². The second kappa shape index (κ2) is 12.3. The second-order valence-electron chi connectivity index (χ2n) is 10.3. The van der Waals surface area contributed by atoms with Gasteiger partial charge in [-0.15, -0.1) is 0 Å². The lowest BCUT2D eigenvalue weighted by Gasteiger charge is -2.30. The van der Waals surface area contributed by atoms with Crippen LogP contribution in [0, 0.1) is 0 Å². The van der Waals surface area contributed by atoms with Gasteiger partial charge in [-0.05, 0) is 66.1 Å². The number of aliphatic hydroxyl groups is 1. The van der Waals surface area contributed by atoms with Crippen molar-refractivity contribution in [2.45, 2.75) is 50.2 Å². The number of rotatable bonds is 9. The Kier molecular flexibility index (Phi) is 8.66. The molecule has 0 saturated carbocycles. The third-order valence-electron chi connectivity index (χ3n) is 6.97. The Labute approximate surface area is 227 Å². The topological polar surface area (TPSA) is 72.5 Å². The van der Waals surface area contributed by atoms with Gasteiger partial charge >= 0.3 is 5.84 Å². The minimum atomic E-state index is -0.535. The first kappa shape index (κ1) is 26.7. The van der Waals surface area contributed by atoms with Crippen molar-refractivity contribution in [3.8, 4) is 16.9 Å². The molecule has 0 radical (unpaired) electrons. The van der Waals surface area contributed by atoms with E-state index in [-0.39, 0.29) is 19.0 Å². The molecule has 200 valence electrons. The summed E-state index contributed by atoms with van der Waals surface area (Å²) >= 11 is 0. The molecule has 5 rings (SSSR count). The molecule has 3 aliphatic heterocycles. The lowest BCUT2D eigenvalue weighted by Crippen LogP contribution is -2.48. The van der Waals surface area contributed by atoms with Gasteiger partial charge in [0.25, 0.3) is 0 Å². The van der Waals surface area contributed by atoms with Crippen molar-refractivity contribution in [2.75, 3.05) is 26.4 Å². The van der Waals surface area contributed by atoms with Gasteiger partial charge in [0.05, 0.1) is 23.5 Å². The fourth-order valence-corrected chi connectivity index (χ4v) is 5.51. The quantitative estimate of drug-likeness (QED) is 0.395. The zero-order valence-corrected chi connectivity index (χ0v) is 24.2. The maximum atomic E-state index is 10.2. The van der Waals surface area contributed by atoms with Crippen LogP contribution in [-0.2, 0) is 14.2 Å². The maximum absolute atomic E-state index is 10.2. The average molecular weight is 534 g/mol. The highest BCUT2D eigenvalue weighted by Crippen LogP contribution is 2.25. The molecular weight excluding hydrogens is 496 g/mol. The van der Waals surface area contributed by atoms with Crippen LogP contribution in [0.15, 0.2) is 72.0 Å². The van der Waals surface area contributed by atoms with Crippen molar-refractivity contribution in [3.63, 3.8) is 0 Å². The van der Waals surface area contributed by atoms with E-state index in [0.29, 0.717) is 6.61 Å². The predicted molar refractivity (Wildman–Crippen MR) is 153 cm³/mol. The molecule has 38 heavy (non-hydrogen) atoms. The maximum Gasteiger partial charge on any atom is 0.330 e. The van der Waals surface area contributed by atoms with Crippen molar-refractivity contribution in [1.29, 1.82) is 0 Å². The van der Waals surface area contributed by atoms with Crippen LogP contribution in [0.2, 0.25) is 0 Å². The highest BCUT2D eigenvalue weighted by atomic mass is 28.1. The molecular formula is C30H37N2O5Si+. The third-order valence-corrected chi connectivity index (χ3v) is 7.65. The first-order chi connectivity index (χ1) is 18.5. The van der Waals surface area contributed by atoms with Gasteiger partial charge in [-0.2, -0.15) is 4.58 Å². The molecule has 3 heterocycles. The number of hydrogen-bond donors (Lipinski definition) is 1. The van der Waals surface area contributed by atoms with Crippen LogP contribution in [0.3, 0.4) is 0 Å². The predicted octanol–water partition coefficient (Wildman–Crippen LogP) is 3.49. The molecule has 2 fully saturated rings. The zero-order chi connectivity index (χ0) is 26.4. The summed E-state index contributed by atoms with van der Waals surface area (Å²) in [5.41, 5.74) is 4.05. The first-order valence-electron chi connectivity index (χ1n) is 13.4. The van der Waals surface area contributed by atoms with Gasteiger partial charge in [-0.25, -0.2) is 0 Å². The second-order valence-corrected chi connectivity index (χ2v) is 12.2. The molecule has 2 aromatic rings. The molecule has 3 aliphatic rings. The van der Waals surface area contributed by atoms with E-state index < -0.39 is 5.22 Å². The normalized spacial score (nSPS) is 24.5. The number of aliphatic imine (C=N–C) groups is 1. The molecule has 7 nitrogen and oxygen atoms in total. The summed E-state index contributed by atoms with van der Waals surface area (Å²) in [5.74, 6) is 1.66. The Hall–Kier alpha value is -2.88. The van der Waals surface area contributed by atoms with E-state index in [4.69, 9.17) is 18.9 Å². The first-order valence-corrected chi connectivity index (χ1v) is 14.4. The average Bonchev–Trinajstić information content (AvgIpc) is 3.64. The summed E-state index contributed by atoms with van der Waals surface area (Å²) in [6.07, 6.45) is 11.6. The molecule has 8 heteroatoms. The molecule has 0 amide bonds. The highest BCUT2D eigenvalue weighted by Gasteiger charge is 2.40. The minimum absolute atomic E-state index is 0.114. The molecule has 0 spiro atoms. The van der Waals surface area contributed by atoms with E-state index in [1.165, 1.54) is 0 Å². The Balaban J connectivity index is 1.25. The third kappa shape index (κ3) is 6.57. The van der Waals surface area contributed by atoms with Gasteiger partial charge in [0.15, 0.2) is 17.7 Å². The Bertz CT molecular complexity index is 1210. The standard InChI is InChI=1S/C30H37N2O5Si/c1-30(38,37-28-4-2-3-18-35-28)29-31-16-17-32(29)25(20-33)12-7-22-5-8-23(9-6-22)24-10-13-26(14-11-24)36-27-15-19-34-21-27/h5-14,16-17,27-28,33H,2-4,15,18-21H2,1,38H3/q+1/b12-7+,32-25?/t27-,28?,30?/m0/s1. The van der Waals surface area contributed by atoms with Gasteiger partial charge in [0.2, 0.25) is 0 Å². The lowest BCUT2D eigenvalue weighted by molar-refractivity contribution is -0.338. The summed E-state index contributed by atoms with van der Waals surface area (Å²) in [7, 11) is 0.731. The summed E-state index contributed by atoms with van der Waals surface area (Å²) in [6, 6.07) is 16.6. The van der Waals surface area contributed by atoms with Crippen molar-refractivity contribution < 1.29 is 28.6 Å². The van der Waals surface area contributed by atoms with E-state index in [1.54, 1.807) is 6.20 Å². The highest BCUT2D eigenvalue weighted by molar-refractivity contribution is 6.27. The van der Waals surface area contributed by atoms with Gasteiger partial charge < -0.3 is 24.1 Å². The van der Waals surface area contributed by atoms with Gasteiger partial charge in [0.1, 0.15) is 30.4 Å². The van der Waals surface area contributed by atoms with E-state index in [2.05, 4.69) is 48.3 Å². The molecule has 0 aliphatic carbocycles. The molecule has 2 saturated heterocycles. The fraction of sp³-hybridized carbons (Fsp3) is 0.400. The fourth-order valence-electron chi connectivity index (χ4n) is 4.88. The molecule has 1 N–H and O–H groups in total. The largest absolute Gasteiger partial charge is 0.488 e. The van der Waals surface area contributed by atoms with Crippen molar-refractivity contribution >= 4 is 27.9 Å². The van der Waals surface area contributed by atoms with Crippen LogP contribution in [0.25, 0.3) is 17.2 Å². The van der Waals surface area contributed by atoms with Crippen LogP contribution in [0.1, 0.15) is 38.2 Å². The monoisotopic (exact) mass is 533 g/mol. The van der Waals surface area contributed by atoms with Crippen LogP contribution in [0.5, 0.6) is 5.75 Å². The zero-order valence-electron chi connectivity index (χ0n) is 22.2. The SMILES string of the molecule is CC([SiH3])(OC1CCCCO1)C1=NC=C[N+]1=C(/C=C/c1ccc(-c2ccc(O[C@H]3CCOC3)cc2)cc1)CO. The van der Waals surface area contributed by atoms with Crippen molar-refractivity contribution in [2.24, 2.45) is 4.99 Å². The van der Waals surface area contributed by atoms with Crippen molar-refractivity contribution in [3.05, 3.63) is 72.6 Å². The summed E-state index contributed by atoms with van der Waals surface area (Å²) in [5, 5.41) is 9.65. The number of ether oxygens (including phenoxy) is 4. The Morgan fingerprint density at radius 2 is 1.87 bits per heavy atom.